The number of aromatic nitrogens is 3. The molecule has 1 atom stereocenters. The Hall–Kier alpha value is -2.68. The van der Waals surface area contributed by atoms with E-state index in [9.17, 15) is 4.79 Å². The summed E-state index contributed by atoms with van der Waals surface area (Å²) in [6, 6.07) is 17.5. The first kappa shape index (κ1) is 22.1. The van der Waals surface area contributed by atoms with Crippen LogP contribution in [0.1, 0.15) is 24.8 Å². The molecule has 1 unspecified atom stereocenters. The molecule has 0 radical (unpaired) electrons. The van der Waals surface area contributed by atoms with Crippen molar-refractivity contribution >= 4 is 35.0 Å². The Kier molecular flexibility index (Phi) is 6.75. The second kappa shape index (κ2) is 10.1. The molecule has 33 heavy (non-hydrogen) atoms. The minimum atomic E-state index is -0.0364. The van der Waals surface area contributed by atoms with Crippen molar-refractivity contribution in [1.82, 2.24) is 19.8 Å². The number of hydrazone groups is 1. The lowest BCUT2D eigenvalue weighted by Crippen LogP contribution is -2.25. The van der Waals surface area contributed by atoms with Crippen LogP contribution in [-0.4, -0.2) is 56.4 Å². The molecule has 0 saturated carbocycles. The Bertz CT molecular complexity index is 1140. The number of nitrogens with zero attached hydrogens (tertiary/aromatic N) is 5. The van der Waals surface area contributed by atoms with Gasteiger partial charge in [0.05, 0.1) is 30.7 Å². The smallest absolute Gasteiger partial charge is 0.253 e. The third-order valence-corrected chi connectivity index (χ3v) is 6.95. The Morgan fingerprint density at radius 3 is 2.67 bits per heavy atom. The van der Waals surface area contributed by atoms with Crippen molar-refractivity contribution in [2.75, 3.05) is 18.9 Å². The molecule has 5 rings (SSSR count). The van der Waals surface area contributed by atoms with Crippen molar-refractivity contribution < 1.29 is 9.53 Å². The van der Waals surface area contributed by atoms with Crippen LogP contribution in [0.5, 0.6) is 0 Å². The highest BCUT2D eigenvalue weighted by Gasteiger charge is 2.25. The Labute approximate surface area is 201 Å². The first-order valence-electron chi connectivity index (χ1n) is 11.0. The number of carbonyl (C=O) groups excluding carboxylic acids is 1. The number of ether oxygens (including phenoxy) is 1. The molecule has 2 aliphatic rings. The monoisotopic (exact) mass is 481 g/mol. The lowest BCUT2D eigenvalue weighted by atomic mass is 10.1. The molecule has 1 fully saturated rings. The lowest BCUT2D eigenvalue weighted by Gasteiger charge is -2.15. The van der Waals surface area contributed by atoms with Gasteiger partial charge in [-0.3, -0.25) is 9.36 Å². The minimum absolute atomic E-state index is 0.0364. The summed E-state index contributed by atoms with van der Waals surface area (Å²) in [5.74, 6) is 0.962. The molecule has 2 aromatic carbocycles. The summed E-state index contributed by atoms with van der Waals surface area (Å²) in [5.41, 5.74) is 2.93. The number of hydrogen-bond donors (Lipinski definition) is 0. The standard InChI is InChI=1S/C24H24ClN5O2S/c25-19-10-8-18(9-11-19)23-26-27-24(29(23)15-20-7-4-14-32-20)33-16-22(31)30-13-12-21(28-30)17-5-2-1-3-6-17/h1-3,5-6,8-11,20H,4,7,12-16H2. The SMILES string of the molecule is O=C(CSc1nnc(-c2ccc(Cl)cc2)n1CC1CCCO1)N1CCC(c2ccccc2)=N1. The number of carbonyl (C=O) groups is 1. The molecule has 0 bridgehead atoms. The number of benzene rings is 2. The van der Waals surface area contributed by atoms with Crippen LogP contribution in [0.4, 0.5) is 0 Å². The molecule has 9 heteroatoms. The van der Waals surface area contributed by atoms with E-state index in [1.807, 2.05) is 54.6 Å². The van der Waals surface area contributed by atoms with Gasteiger partial charge >= 0.3 is 0 Å². The molecule has 2 aliphatic heterocycles. The van der Waals surface area contributed by atoms with Gasteiger partial charge < -0.3 is 4.74 Å². The van der Waals surface area contributed by atoms with Gasteiger partial charge in [-0.05, 0) is 42.7 Å². The molecule has 3 aromatic rings. The van der Waals surface area contributed by atoms with Crippen LogP contribution >= 0.6 is 23.4 Å². The van der Waals surface area contributed by atoms with Crippen molar-refractivity contribution in [3.63, 3.8) is 0 Å². The first-order chi connectivity index (χ1) is 16.2. The predicted octanol–water partition coefficient (Wildman–Crippen LogP) is 4.51. The maximum absolute atomic E-state index is 12.9. The predicted molar refractivity (Wildman–Crippen MR) is 129 cm³/mol. The summed E-state index contributed by atoms with van der Waals surface area (Å²) in [6.07, 6.45) is 2.95. The molecule has 0 aliphatic carbocycles. The molecule has 1 saturated heterocycles. The van der Waals surface area contributed by atoms with Crippen molar-refractivity contribution in [1.29, 1.82) is 0 Å². The lowest BCUT2D eigenvalue weighted by molar-refractivity contribution is -0.127. The van der Waals surface area contributed by atoms with E-state index >= 15 is 0 Å². The van der Waals surface area contributed by atoms with Crippen molar-refractivity contribution in [3.05, 3.63) is 65.2 Å². The van der Waals surface area contributed by atoms with Crippen molar-refractivity contribution in [3.8, 4) is 11.4 Å². The van der Waals surface area contributed by atoms with Crippen LogP contribution in [0, 0.1) is 0 Å². The number of amides is 1. The van der Waals surface area contributed by atoms with Gasteiger partial charge in [-0.1, -0.05) is 53.7 Å². The van der Waals surface area contributed by atoms with Crippen LogP contribution in [-0.2, 0) is 16.1 Å². The first-order valence-corrected chi connectivity index (χ1v) is 12.4. The fourth-order valence-electron chi connectivity index (χ4n) is 4.04. The van der Waals surface area contributed by atoms with E-state index in [2.05, 4.69) is 19.9 Å². The number of rotatable bonds is 7. The summed E-state index contributed by atoms with van der Waals surface area (Å²) < 4.78 is 7.91. The summed E-state index contributed by atoms with van der Waals surface area (Å²) >= 11 is 7.45. The second-order valence-corrected chi connectivity index (χ2v) is 9.41. The van der Waals surface area contributed by atoms with Gasteiger partial charge in [-0.25, -0.2) is 5.01 Å². The molecular weight excluding hydrogens is 458 g/mol. The average molecular weight is 482 g/mol. The van der Waals surface area contributed by atoms with E-state index in [0.29, 0.717) is 23.3 Å². The van der Waals surface area contributed by atoms with E-state index in [1.54, 1.807) is 5.01 Å². The summed E-state index contributed by atoms with van der Waals surface area (Å²) in [4.78, 5) is 12.9. The fraction of sp³-hybridized carbons (Fsp3) is 0.333. The number of halogens is 1. The van der Waals surface area contributed by atoms with Gasteiger partial charge in [-0.2, -0.15) is 5.10 Å². The number of hydrogen-bond acceptors (Lipinski definition) is 6. The molecular formula is C24H24ClN5O2S. The minimum Gasteiger partial charge on any atom is -0.376 e. The molecule has 0 spiro atoms. The van der Waals surface area contributed by atoms with Crippen LogP contribution in [0.15, 0.2) is 64.9 Å². The zero-order valence-corrected chi connectivity index (χ0v) is 19.6. The highest BCUT2D eigenvalue weighted by molar-refractivity contribution is 7.99. The van der Waals surface area contributed by atoms with Crippen molar-refractivity contribution in [2.24, 2.45) is 5.10 Å². The highest BCUT2D eigenvalue weighted by atomic mass is 35.5. The molecule has 170 valence electrons. The Morgan fingerprint density at radius 1 is 1.09 bits per heavy atom. The zero-order valence-electron chi connectivity index (χ0n) is 18.1. The number of thioether (sulfide) groups is 1. The summed E-state index contributed by atoms with van der Waals surface area (Å²) in [7, 11) is 0. The molecule has 1 aromatic heterocycles. The normalized spacial score (nSPS) is 18.0. The topological polar surface area (TPSA) is 72.6 Å². The van der Waals surface area contributed by atoms with Gasteiger partial charge in [0.25, 0.3) is 5.91 Å². The van der Waals surface area contributed by atoms with Crippen LogP contribution in [0.25, 0.3) is 11.4 Å². The van der Waals surface area contributed by atoms with E-state index in [0.717, 1.165) is 48.5 Å². The molecule has 1 amide bonds. The summed E-state index contributed by atoms with van der Waals surface area (Å²) in [5, 5.41) is 16.3. The Morgan fingerprint density at radius 2 is 1.91 bits per heavy atom. The van der Waals surface area contributed by atoms with Gasteiger partial charge in [0.15, 0.2) is 11.0 Å². The highest BCUT2D eigenvalue weighted by Crippen LogP contribution is 2.28. The van der Waals surface area contributed by atoms with E-state index in [4.69, 9.17) is 16.3 Å². The van der Waals surface area contributed by atoms with E-state index in [-0.39, 0.29) is 17.8 Å². The maximum atomic E-state index is 12.9. The van der Waals surface area contributed by atoms with Crippen LogP contribution < -0.4 is 0 Å². The fourth-order valence-corrected chi connectivity index (χ4v) is 4.98. The third-order valence-electron chi connectivity index (χ3n) is 5.75. The van der Waals surface area contributed by atoms with Gasteiger partial charge in [-0.15, -0.1) is 10.2 Å². The molecule has 0 N–H and O–H groups in total. The van der Waals surface area contributed by atoms with Gasteiger partial charge in [0.2, 0.25) is 0 Å². The quantitative estimate of drug-likeness (QED) is 0.464. The zero-order chi connectivity index (χ0) is 22.6. The van der Waals surface area contributed by atoms with E-state index in [1.165, 1.54) is 11.8 Å². The van der Waals surface area contributed by atoms with Crippen LogP contribution in [0.2, 0.25) is 5.02 Å². The average Bonchev–Trinajstić information content (AvgIpc) is 3.61. The molecule has 3 heterocycles. The van der Waals surface area contributed by atoms with Gasteiger partial charge in [0, 0.05) is 23.6 Å². The van der Waals surface area contributed by atoms with Gasteiger partial charge in [0.1, 0.15) is 0 Å². The maximum Gasteiger partial charge on any atom is 0.253 e. The summed E-state index contributed by atoms with van der Waals surface area (Å²) in [6.45, 7) is 2.03. The third kappa shape index (κ3) is 5.13. The largest absolute Gasteiger partial charge is 0.376 e. The Balaban J connectivity index is 1.31. The van der Waals surface area contributed by atoms with Crippen LogP contribution in [0.3, 0.4) is 0 Å². The molecule has 7 nitrogen and oxygen atoms in total. The van der Waals surface area contributed by atoms with Crippen molar-refractivity contribution in [2.45, 2.75) is 37.1 Å². The van der Waals surface area contributed by atoms with E-state index < -0.39 is 0 Å². The second-order valence-electron chi connectivity index (χ2n) is 8.03.